The molecule has 190 valence electrons. The number of fused-ring (bicyclic) bond motifs is 2. The third-order valence-corrected chi connectivity index (χ3v) is 6.09. The van der Waals surface area contributed by atoms with E-state index in [0.29, 0.717) is 28.0 Å². The van der Waals surface area contributed by atoms with Crippen molar-refractivity contribution < 1.29 is 27.1 Å². The molecule has 1 amide bonds. The molecule has 3 aromatic heterocycles. The number of aryl methyl sites for hydroxylation is 1. The lowest BCUT2D eigenvalue weighted by Crippen LogP contribution is -2.38. The number of benzene rings is 1. The van der Waals surface area contributed by atoms with Gasteiger partial charge in [-0.25, -0.2) is 9.97 Å². The van der Waals surface area contributed by atoms with E-state index in [4.69, 9.17) is 10.5 Å². The molecule has 4 aromatic rings. The van der Waals surface area contributed by atoms with Crippen LogP contribution in [0.25, 0.3) is 10.9 Å². The minimum atomic E-state index is -4.65. The molecule has 0 bridgehead atoms. The average molecular weight is 512 g/mol. The fraction of sp³-hybridized carbons (Fsp3) is 0.240. The Hall–Kier alpha value is -4.35. The number of ether oxygens (including phenoxy) is 1. The van der Waals surface area contributed by atoms with E-state index in [1.54, 1.807) is 31.2 Å². The zero-order chi connectivity index (χ0) is 26.3. The van der Waals surface area contributed by atoms with E-state index in [2.05, 4.69) is 20.2 Å². The van der Waals surface area contributed by atoms with Crippen LogP contribution in [0.1, 0.15) is 45.5 Å². The number of alkyl halides is 3. The summed E-state index contributed by atoms with van der Waals surface area (Å²) in [6.07, 6.45) is -4.36. The number of carbonyl (C=O) groups is 1. The molecule has 8 nitrogen and oxygen atoms in total. The molecule has 1 atom stereocenters. The number of nitrogens with zero attached hydrogens (tertiary/aromatic N) is 5. The molecule has 0 saturated carbocycles. The molecule has 12 heteroatoms. The summed E-state index contributed by atoms with van der Waals surface area (Å²) in [6.45, 7) is 1.84. The molecule has 1 aliphatic rings. The van der Waals surface area contributed by atoms with Crippen molar-refractivity contribution in [2.24, 2.45) is 0 Å². The van der Waals surface area contributed by atoms with Crippen LogP contribution in [0.2, 0.25) is 0 Å². The van der Waals surface area contributed by atoms with Gasteiger partial charge < -0.3 is 15.4 Å². The zero-order valence-electron chi connectivity index (χ0n) is 19.5. The van der Waals surface area contributed by atoms with Gasteiger partial charge in [-0.2, -0.15) is 22.7 Å². The molecular formula is C25H20F4N6O2. The van der Waals surface area contributed by atoms with Gasteiger partial charge in [0.1, 0.15) is 17.3 Å². The quantitative estimate of drug-likeness (QED) is 0.314. The van der Waals surface area contributed by atoms with E-state index < -0.39 is 29.8 Å². The third-order valence-electron chi connectivity index (χ3n) is 6.09. The van der Waals surface area contributed by atoms with Crippen LogP contribution in [0.3, 0.4) is 0 Å². The molecule has 2 N–H and O–H groups in total. The molecule has 0 radical (unpaired) electrons. The van der Waals surface area contributed by atoms with Gasteiger partial charge in [0.05, 0.1) is 30.4 Å². The maximum absolute atomic E-state index is 14.1. The van der Waals surface area contributed by atoms with E-state index in [1.165, 1.54) is 11.0 Å². The van der Waals surface area contributed by atoms with E-state index in [-0.39, 0.29) is 31.0 Å². The normalized spacial score (nSPS) is 15.2. The molecular weight excluding hydrogens is 492 g/mol. The molecule has 4 heterocycles. The van der Waals surface area contributed by atoms with Crippen molar-refractivity contribution in [1.82, 2.24) is 25.1 Å². The number of nitrogens with two attached hydrogens (primary N) is 1. The molecule has 37 heavy (non-hydrogen) atoms. The Morgan fingerprint density at radius 1 is 1.11 bits per heavy atom. The fourth-order valence-electron chi connectivity index (χ4n) is 4.21. The Morgan fingerprint density at radius 2 is 1.92 bits per heavy atom. The standard InChI is InChI=1S/C25H20F4N6O2/c1-13-10-15-11-14(2-4-17(15)31-23(13)30)24(36)35(12-16-3-6-20(34-33-16)25(27,28)29)18-8-9-37-19-5-7-21(26)32-22(18)19/h2-7,10-11,18H,8-9,12H2,1H3,(H2,30,31)/t18-/m0/s1. The van der Waals surface area contributed by atoms with Crippen molar-refractivity contribution in [2.45, 2.75) is 32.1 Å². The minimum absolute atomic E-state index is 0.122. The maximum atomic E-state index is 14.1. The number of hydrogen-bond acceptors (Lipinski definition) is 7. The summed E-state index contributed by atoms with van der Waals surface area (Å²) in [6, 6.07) is 10.5. The van der Waals surface area contributed by atoms with Crippen LogP contribution in [0.5, 0.6) is 5.75 Å². The van der Waals surface area contributed by atoms with Gasteiger partial charge in [0.25, 0.3) is 5.91 Å². The van der Waals surface area contributed by atoms with E-state index in [1.807, 2.05) is 0 Å². The summed E-state index contributed by atoms with van der Waals surface area (Å²) >= 11 is 0. The first-order chi connectivity index (χ1) is 17.6. The highest BCUT2D eigenvalue weighted by Crippen LogP contribution is 2.36. The first-order valence-corrected chi connectivity index (χ1v) is 11.3. The number of aromatic nitrogens is 4. The number of hydrogen-bond donors (Lipinski definition) is 1. The Balaban J connectivity index is 1.56. The molecule has 0 spiro atoms. The minimum Gasteiger partial charge on any atom is -0.491 e. The number of carbonyl (C=O) groups excluding carboxylic acids is 1. The summed E-state index contributed by atoms with van der Waals surface area (Å²) in [5.74, 6) is -0.508. The van der Waals surface area contributed by atoms with Crippen LogP contribution in [-0.4, -0.2) is 37.6 Å². The molecule has 0 aliphatic carbocycles. The SMILES string of the molecule is Cc1cc2cc(C(=O)N(Cc3ccc(C(F)(F)F)nn3)[C@H]3CCOc4ccc(F)nc43)ccc2nc1N. The lowest BCUT2D eigenvalue weighted by Gasteiger charge is -2.34. The molecule has 0 fully saturated rings. The highest BCUT2D eigenvalue weighted by Gasteiger charge is 2.35. The molecule has 1 aliphatic heterocycles. The van der Waals surface area contributed by atoms with Crippen molar-refractivity contribution in [1.29, 1.82) is 0 Å². The Morgan fingerprint density at radius 3 is 2.65 bits per heavy atom. The summed E-state index contributed by atoms with van der Waals surface area (Å²) < 4.78 is 58.6. The molecule has 0 saturated heterocycles. The van der Waals surface area contributed by atoms with Crippen LogP contribution < -0.4 is 10.5 Å². The highest BCUT2D eigenvalue weighted by molar-refractivity contribution is 5.98. The molecule has 0 unspecified atom stereocenters. The highest BCUT2D eigenvalue weighted by atomic mass is 19.4. The van der Waals surface area contributed by atoms with Crippen LogP contribution in [0, 0.1) is 12.9 Å². The number of anilines is 1. The summed E-state index contributed by atoms with van der Waals surface area (Å²) in [7, 11) is 0. The van der Waals surface area contributed by atoms with E-state index in [9.17, 15) is 22.4 Å². The van der Waals surface area contributed by atoms with Crippen LogP contribution in [0.4, 0.5) is 23.4 Å². The Bertz CT molecular complexity index is 1490. The van der Waals surface area contributed by atoms with Crippen LogP contribution >= 0.6 is 0 Å². The Labute approximate surface area is 208 Å². The topological polar surface area (TPSA) is 107 Å². The monoisotopic (exact) mass is 512 g/mol. The average Bonchev–Trinajstić information content (AvgIpc) is 2.87. The van der Waals surface area contributed by atoms with Crippen molar-refractivity contribution in [2.75, 3.05) is 12.3 Å². The zero-order valence-corrected chi connectivity index (χ0v) is 19.5. The van der Waals surface area contributed by atoms with Gasteiger partial charge in [0.2, 0.25) is 5.95 Å². The number of pyridine rings is 2. The van der Waals surface area contributed by atoms with E-state index in [0.717, 1.165) is 23.8 Å². The lowest BCUT2D eigenvalue weighted by molar-refractivity contribution is -0.141. The smallest absolute Gasteiger partial charge is 0.435 e. The Kier molecular flexibility index (Phi) is 6.10. The number of rotatable bonds is 4. The van der Waals surface area contributed by atoms with Gasteiger partial charge in [0, 0.05) is 17.4 Å². The maximum Gasteiger partial charge on any atom is 0.435 e. The second-order valence-electron chi connectivity index (χ2n) is 8.61. The number of nitrogen functional groups attached to an aromatic ring is 1. The molecule has 1 aromatic carbocycles. The van der Waals surface area contributed by atoms with E-state index >= 15 is 0 Å². The third kappa shape index (κ3) is 4.86. The summed E-state index contributed by atoms with van der Waals surface area (Å²) in [4.78, 5) is 23.5. The van der Waals surface area contributed by atoms with Gasteiger partial charge in [-0.1, -0.05) is 0 Å². The first-order valence-electron chi connectivity index (χ1n) is 11.3. The van der Waals surface area contributed by atoms with Crippen molar-refractivity contribution in [3.05, 3.63) is 82.7 Å². The van der Waals surface area contributed by atoms with Crippen LogP contribution in [-0.2, 0) is 12.7 Å². The summed E-state index contributed by atoms with van der Waals surface area (Å²) in [5, 5.41) is 7.63. The van der Waals surface area contributed by atoms with Crippen molar-refractivity contribution >= 4 is 22.6 Å². The van der Waals surface area contributed by atoms with Crippen LogP contribution in [0.15, 0.2) is 48.5 Å². The summed E-state index contributed by atoms with van der Waals surface area (Å²) in [5.41, 5.74) is 6.71. The fourth-order valence-corrected chi connectivity index (χ4v) is 4.21. The van der Waals surface area contributed by atoms with Gasteiger partial charge in [-0.3, -0.25) is 4.79 Å². The second kappa shape index (κ2) is 9.26. The molecule has 5 rings (SSSR count). The predicted octanol–water partition coefficient (Wildman–Crippen LogP) is 4.63. The van der Waals surface area contributed by atoms with Crippen molar-refractivity contribution in [3.8, 4) is 5.75 Å². The first kappa shape index (κ1) is 24.3. The predicted molar refractivity (Wildman–Crippen MR) is 125 cm³/mol. The van der Waals surface area contributed by atoms with Gasteiger partial charge >= 0.3 is 6.18 Å². The lowest BCUT2D eigenvalue weighted by atomic mass is 10.0. The van der Waals surface area contributed by atoms with Gasteiger partial charge in [0.15, 0.2) is 5.69 Å². The number of amides is 1. The van der Waals surface area contributed by atoms with Gasteiger partial charge in [-0.15, -0.1) is 5.10 Å². The number of halogens is 4. The second-order valence-corrected chi connectivity index (χ2v) is 8.61. The van der Waals surface area contributed by atoms with Gasteiger partial charge in [-0.05, 0) is 61.0 Å². The van der Waals surface area contributed by atoms with Crippen molar-refractivity contribution in [3.63, 3.8) is 0 Å². The largest absolute Gasteiger partial charge is 0.491 e.